The third-order valence-electron chi connectivity index (χ3n) is 2.87. The molecule has 0 aliphatic rings. The van der Waals surface area contributed by atoms with Gasteiger partial charge in [-0.15, -0.1) is 0 Å². The Hall–Kier alpha value is -2.87. The molecule has 2 aromatic carbocycles. The molecule has 2 aromatic rings. The lowest BCUT2D eigenvalue weighted by Crippen LogP contribution is -2.02. The largest absolute Gasteiger partial charge is 0.497 e. The highest BCUT2D eigenvalue weighted by Crippen LogP contribution is 2.30. The highest BCUT2D eigenvalue weighted by Gasteiger charge is 2.17. The molecule has 1 N–H and O–H groups in total. The molecule has 0 heterocycles. The predicted octanol–water partition coefficient (Wildman–Crippen LogP) is 3.07. The maximum Gasteiger partial charge on any atom is 0.336 e. The molecule has 0 atom stereocenters. The SMILES string of the molecule is COc1ccc(-c2cccc(C#N)c2F)c(C(=O)O)c1. The van der Waals surface area contributed by atoms with Crippen LogP contribution in [0.5, 0.6) is 5.75 Å². The first kappa shape index (κ1) is 13.6. The van der Waals surface area contributed by atoms with Gasteiger partial charge in [0.15, 0.2) is 0 Å². The van der Waals surface area contributed by atoms with E-state index in [2.05, 4.69) is 0 Å². The summed E-state index contributed by atoms with van der Waals surface area (Å²) in [6, 6.07) is 10.3. The molecule has 5 heteroatoms. The van der Waals surface area contributed by atoms with E-state index in [0.29, 0.717) is 5.75 Å². The Bertz CT molecular complexity index is 720. The van der Waals surface area contributed by atoms with Crippen LogP contribution in [0.25, 0.3) is 11.1 Å². The van der Waals surface area contributed by atoms with Gasteiger partial charge in [-0.2, -0.15) is 5.26 Å². The molecule has 0 aromatic heterocycles. The monoisotopic (exact) mass is 271 g/mol. The van der Waals surface area contributed by atoms with Crippen molar-refractivity contribution in [2.24, 2.45) is 0 Å². The van der Waals surface area contributed by atoms with Crippen LogP contribution in [-0.4, -0.2) is 18.2 Å². The van der Waals surface area contributed by atoms with Crippen LogP contribution in [0.4, 0.5) is 4.39 Å². The van der Waals surface area contributed by atoms with Gasteiger partial charge < -0.3 is 9.84 Å². The van der Waals surface area contributed by atoms with Crippen molar-refractivity contribution in [3.63, 3.8) is 0 Å². The molecule has 2 rings (SSSR count). The molecule has 0 aliphatic carbocycles. The lowest BCUT2D eigenvalue weighted by atomic mass is 9.97. The van der Waals surface area contributed by atoms with Crippen LogP contribution in [0, 0.1) is 17.1 Å². The van der Waals surface area contributed by atoms with Crippen molar-refractivity contribution >= 4 is 5.97 Å². The van der Waals surface area contributed by atoms with Gasteiger partial charge in [0, 0.05) is 5.56 Å². The van der Waals surface area contributed by atoms with Gasteiger partial charge in [0.25, 0.3) is 0 Å². The Kier molecular flexibility index (Phi) is 3.67. The molecule has 0 bridgehead atoms. The maximum atomic E-state index is 14.1. The van der Waals surface area contributed by atoms with Gasteiger partial charge in [-0.25, -0.2) is 9.18 Å². The first-order valence-corrected chi connectivity index (χ1v) is 5.68. The second-order valence-corrected chi connectivity index (χ2v) is 4.00. The van der Waals surface area contributed by atoms with Crippen molar-refractivity contribution < 1.29 is 19.0 Å². The van der Waals surface area contributed by atoms with Gasteiger partial charge in [0.1, 0.15) is 17.6 Å². The molecule has 4 nitrogen and oxygen atoms in total. The lowest BCUT2D eigenvalue weighted by molar-refractivity contribution is 0.0697. The van der Waals surface area contributed by atoms with E-state index >= 15 is 0 Å². The van der Waals surface area contributed by atoms with Gasteiger partial charge in [0.05, 0.1) is 18.2 Å². The van der Waals surface area contributed by atoms with Crippen molar-refractivity contribution in [1.82, 2.24) is 0 Å². The molecule has 20 heavy (non-hydrogen) atoms. The van der Waals surface area contributed by atoms with Gasteiger partial charge in [-0.1, -0.05) is 12.1 Å². The summed E-state index contributed by atoms with van der Waals surface area (Å²) in [6.45, 7) is 0. The highest BCUT2D eigenvalue weighted by molar-refractivity contribution is 5.96. The smallest absolute Gasteiger partial charge is 0.336 e. The Morgan fingerprint density at radius 2 is 2.05 bits per heavy atom. The average Bonchev–Trinajstić information content (AvgIpc) is 2.47. The van der Waals surface area contributed by atoms with Crippen LogP contribution in [0.2, 0.25) is 0 Å². The Balaban J connectivity index is 2.70. The number of carboxylic acids is 1. The van der Waals surface area contributed by atoms with E-state index in [-0.39, 0.29) is 22.3 Å². The van der Waals surface area contributed by atoms with Crippen LogP contribution < -0.4 is 4.74 Å². The lowest BCUT2D eigenvalue weighted by Gasteiger charge is -2.10. The summed E-state index contributed by atoms with van der Waals surface area (Å²) in [4.78, 5) is 11.3. The summed E-state index contributed by atoms with van der Waals surface area (Å²) in [6.07, 6.45) is 0. The number of hydrogen-bond donors (Lipinski definition) is 1. The van der Waals surface area contributed by atoms with E-state index in [9.17, 15) is 14.3 Å². The minimum Gasteiger partial charge on any atom is -0.497 e. The zero-order valence-corrected chi connectivity index (χ0v) is 10.6. The third-order valence-corrected chi connectivity index (χ3v) is 2.87. The van der Waals surface area contributed by atoms with Crippen LogP contribution in [-0.2, 0) is 0 Å². The Morgan fingerprint density at radius 3 is 2.65 bits per heavy atom. The minimum absolute atomic E-state index is 0.0732. The van der Waals surface area contributed by atoms with E-state index < -0.39 is 11.8 Å². The summed E-state index contributed by atoms with van der Waals surface area (Å²) in [5.74, 6) is -1.56. The van der Waals surface area contributed by atoms with Crippen LogP contribution in [0.1, 0.15) is 15.9 Å². The van der Waals surface area contributed by atoms with Crippen LogP contribution in [0.15, 0.2) is 36.4 Å². The second kappa shape index (κ2) is 5.41. The molecule has 0 aliphatic heterocycles. The molecule has 0 unspecified atom stereocenters. The average molecular weight is 271 g/mol. The quantitative estimate of drug-likeness (QED) is 0.931. The van der Waals surface area contributed by atoms with Gasteiger partial charge in [-0.3, -0.25) is 0 Å². The molecule has 100 valence electrons. The molecule has 0 saturated heterocycles. The number of methoxy groups -OCH3 is 1. The van der Waals surface area contributed by atoms with Gasteiger partial charge in [-0.05, 0) is 29.8 Å². The zero-order chi connectivity index (χ0) is 14.7. The van der Waals surface area contributed by atoms with Gasteiger partial charge in [0.2, 0.25) is 0 Å². The number of rotatable bonds is 3. The normalized spacial score (nSPS) is 9.85. The molecule has 0 amide bonds. The summed E-state index contributed by atoms with van der Waals surface area (Å²) in [7, 11) is 1.41. The topological polar surface area (TPSA) is 70.3 Å². The molecule has 0 fully saturated rings. The number of nitrogens with zero attached hydrogens (tertiary/aromatic N) is 1. The first-order chi connectivity index (χ1) is 9.58. The number of nitriles is 1. The number of carboxylic acid groups (broad SMARTS) is 1. The Labute approximate surface area is 114 Å². The number of halogens is 1. The summed E-state index contributed by atoms with van der Waals surface area (Å²) >= 11 is 0. The standard InChI is InChI=1S/C15H10FNO3/c1-20-10-5-6-11(13(7-10)15(18)19)12-4-2-3-9(8-17)14(12)16/h2-7H,1H3,(H,18,19). The Morgan fingerprint density at radius 1 is 1.30 bits per heavy atom. The predicted molar refractivity (Wildman–Crippen MR) is 70.1 cm³/mol. The van der Waals surface area contributed by atoms with E-state index in [0.717, 1.165) is 0 Å². The number of aromatic carboxylic acids is 1. The zero-order valence-electron chi connectivity index (χ0n) is 10.6. The summed E-state index contributed by atoms with van der Waals surface area (Å²) < 4.78 is 19.1. The van der Waals surface area contributed by atoms with Gasteiger partial charge >= 0.3 is 5.97 Å². The highest BCUT2D eigenvalue weighted by atomic mass is 19.1. The van der Waals surface area contributed by atoms with Crippen molar-refractivity contribution in [1.29, 1.82) is 5.26 Å². The number of benzene rings is 2. The third kappa shape index (κ3) is 2.31. The van der Waals surface area contributed by atoms with Crippen molar-refractivity contribution in [3.8, 4) is 22.9 Å². The molecule has 0 spiro atoms. The number of hydrogen-bond acceptors (Lipinski definition) is 3. The fourth-order valence-corrected chi connectivity index (χ4v) is 1.89. The molecule has 0 saturated carbocycles. The van der Waals surface area contributed by atoms with E-state index in [1.54, 1.807) is 12.1 Å². The van der Waals surface area contributed by atoms with Crippen LogP contribution >= 0.6 is 0 Å². The first-order valence-electron chi connectivity index (χ1n) is 5.68. The van der Waals surface area contributed by atoms with E-state index in [1.807, 2.05) is 0 Å². The number of carbonyl (C=O) groups is 1. The van der Waals surface area contributed by atoms with Crippen LogP contribution in [0.3, 0.4) is 0 Å². The van der Waals surface area contributed by atoms with Crippen molar-refractivity contribution in [3.05, 3.63) is 53.3 Å². The fourth-order valence-electron chi connectivity index (χ4n) is 1.89. The van der Waals surface area contributed by atoms with E-state index in [4.69, 9.17) is 10.00 Å². The number of ether oxygens (including phenoxy) is 1. The molecule has 0 radical (unpaired) electrons. The summed E-state index contributed by atoms with van der Waals surface area (Å²) in [5.41, 5.74) is 0.0602. The minimum atomic E-state index is -1.19. The molecular weight excluding hydrogens is 261 g/mol. The second-order valence-electron chi connectivity index (χ2n) is 4.00. The van der Waals surface area contributed by atoms with Crippen molar-refractivity contribution in [2.45, 2.75) is 0 Å². The summed E-state index contributed by atoms with van der Waals surface area (Å²) in [5, 5.41) is 18.0. The van der Waals surface area contributed by atoms with Crippen molar-refractivity contribution in [2.75, 3.05) is 7.11 Å². The fraction of sp³-hybridized carbons (Fsp3) is 0.0667. The molecular formula is C15H10FNO3. The maximum absolute atomic E-state index is 14.1. The van der Waals surface area contributed by atoms with E-state index in [1.165, 1.54) is 37.4 Å².